The average Bonchev–Trinajstić information content (AvgIpc) is 2.48. The van der Waals surface area contributed by atoms with E-state index in [-0.39, 0.29) is 6.10 Å². The lowest BCUT2D eigenvalue weighted by Gasteiger charge is -2.15. The van der Waals surface area contributed by atoms with Gasteiger partial charge in [0.05, 0.1) is 6.10 Å². The summed E-state index contributed by atoms with van der Waals surface area (Å²) in [7, 11) is 0. The first-order valence-corrected chi connectivity index (χ1v) is 3.76. The highest BCUT2D eigenvalue weighted by molar-refractivity contribution is 5.10. The monoisotopic (exact) mass is 142 g/mol. The van der Waals surface area contributed by atoms with Crippen molar-refractivity contribution in [2.45, 2.75) is 18.9 Å². The lowest BCUT2D eigenvalue weighted by atomic mass is 10.1. The molecule has 0 spiro atoms. The molecule has 56 valence electrons. The summed E-state index contributed by atoms with van der Waals surface area (Å²) in [6, 6.07) is 0. The highest BCUT2D eigenvalue weighted by Crippen LogP contribution is 2.40. The van der Waals surface area contributed by atoms with Gasteiger partial charge in [-0.2, -0.15) is 0 Å². The fraction of sp³-hybridized carbons (Fsp3) is 0.750. The maximum Gasteiger partial charge on any atom is 0.188 e. The van der Waals surface area contributed by atoms with Crippen LogP contribution in [0.4, 0.5) is 4.39 Å². The van der Waals surface area contributed by atoms with E-state index < -0.39 is 6.86 Å². The first-order chi connectivity index (χ1) is 4.90. The van der Waals surface area contributed by atoms with Crippen molar-refractivity contribution in [3.05, 3.63) is 12.2 Å². The number of rotatable bonds is 2. The van der Waals surface area contributed by atoms with E-state index in [2.05, 4.69) is 12.2 Å². The van der Waals surface area contributed by atoms with Crippen LogP contribution >= 0.6 is 0 Å². The van der Waals surface area contributed by atoms with Crippen molar-refractivity contribution in [1.29, 1.82) is 0 Å². The van der Waals surface area contributed by atoms with Crippen molar-refractivity contribution in [3.8, 4) is 0 Å². The minimum absolute atomic E-state index is 0.181. The topological polar surface area (TPSA) is 9.23 Å². The maximum atomic E-state index is 11.7. The summed E-state index contributed by atoms with van der Waals surface area (Å²) in [6.07, 6.45) is 6.78. The molecule has 0 N–H and O–H groups in total. The van der Waals surface area contributed by atoms with Crippen LogP contribution in [0.15, 0.2) is 12.2 Å². The second-order valence-corrected chi connectivity index (χ2v) is 3.09. The van der Waals surface area contributed by atoms with E-state index in [1.54, 1.807) is 0 Å². The molecule has 2 aliphatic rings. The third-order valence-electron chi connectivity index (χ3n) is 2.50. The van der Waals surface area contributed by atoms with Crippen LogP contribution in [-0.4, -0.2) is 13.0 Å². The van der Waals surface area contributed by atoms with E-state index in [1.165, 1.54) is 6.42 Å². The summed E-state index contributed by atoms with van der Waals surface area (Å²) in [6.45, 7) is -0.623. The SMILES string of the molecule is FCOC1CC2C=CC1C2. The van der Waals surface area contributed by atoms with Gasteiger partial charge in [-0.05, 0) is 18.8 Å². The molecule has 1 saturated carbocycles. The molecule has 2 rings (SSSR count). The standard InChI is InChI=1S/C8H11FO/c9-5-10-8-4-6-1-2-7(8)3-6/h1-2,6-8H,3-5H2. The Hall–Kier alpha value is -0.370. The second-order valence-electron chi connectivity index (χ2n) is 3.09. The van der Waals surface area contributed by atoms with Crippen LogP contribution in [0.2, 0.25) is 0 Å². The zero-order chi connectivity index (χ0) is 6.97. The Morgan fingerprint density at radius 1 is 1.40 bits per heavy atom. The van der Waals surface area contributed by atoms with Gasteiger partial charge >= 0.3 is 0 Å². The molecule has 0 radical (unpaired) electrons. The van der Waals surface area contributed by atoms with E-state index >= 15 is 0 Å². The van der Waals surface area contributed by atoms with Crippen LogP contribution in [0.1, 0.15) is 12.8 Å². The highest BCUT2D eigenvalue weighted by Gasteiger charge is 2.36. The first kappa shape index (κ1) is 6.35. The van der Waals surface area contributed by atoms with Gasteiger partial charge in [0.2, 0.25) is 0 Å². The van der Waals surface area contributed by atoms with Crippen LogP contribution in [0.5, 0.6) is 0 Å². The second kappa shape index (κ2) is 2.35. The largest absolute Gasteiger partial charge is 0.347 e. The van der Waals surface area contributed by atoms with E-state index in [1.807, 2.05) is 0 Å². The van der Waals surface area contributed by atoms with E-state index in [0.717, 1.165) is 6.42 Å². The fourth-order valence-corrected chi connectivity index (χ4v) is 2.00. The number of halogens is 1. The molecule has 0 saturated heterocycles. The minimum atomic E-state index is -0.623. The molecule has 2 aliphatic carbocycles. The molecule has 3 unspecified atom stereocenters. The van der Waals surface area contributed by atoms with Gasteiger partial charge in [-0.1, -0.05) is 12.2 Å². The van der Waals surface area contributed by atoms with Crippen molar-refractivity contribution < 1.29 is 9.13 Å². The molecular weight excluding hydrogens is 131 g/mol. The smallest absolute Gasteiger partial charge is 0.188 e. The molecule has 3 atom stereocenters. The Labute approximate surface area is 59.9 Å². The van der Waals surface area contributed by atoms with Crippen molar-refractivity contribution in [1.82, 2.24) is 0 Å². The number of hydrogen-bond donors (Lipinski definition) is 0. The van der Waals surface area contributed by atoms with E-state index in [9.17, 15) is 4.39 Å². The molecule has 0 aromatic heterocycles. The van der Waals surface area contributed by atoms with Gasteiger partial charge in [0.25, 0.3) is 0 Å². The number of alkyl halides is 1. The Kier molecular flexibility index (Phi) is 1.49. The molecule has 0 amide bonds. The minimum Gasteiger partial charge on any atom is -0.347 e. The quantitative estimate of drug-likeness (QED) is 0.535. The summed E-state index contributed by atoms with van der Waals surface area (Å²) in [4.78, 5) is 0. The molecule has 0 heterocycles. The van der Waals surface area contributed by atoms with Crippen LogP contribution in [-0.2, 0) is 4.74 Å². The molecule has 1 nitrogen and oxygen atoms in total. The van der Waals surface area contributed by atoms with E-state index in [4.69, 9.17) is 4.74 Å². The Balaban J connectivity index is 1.96. The van der Waals surface area contributed by atoms with Gasteiger partial charge in [0.1, 0.15) is 0 Å². The summed E-state index contributed by atoms with van der Waals surface area (Å²) < 4.78 is 16.6. The van der Waals surface area contributed by atoms with Crippen LogP contribution in [0.25, 0.3) is 0 Å². The molecule has 2 heteroatoms. The summed E-state index contributed by atoms with van der Waals surface area (Å²) in [5.41, 5.74) is 0. The Morgan fingerprint density at radius 2 is 2.30 bits per heavy atom. The number of allylic oxidation sites excluding steroid dienone is 1. The summed E-state index contributed by atoms with van der Waals surface area (Å²) >= 11 is 0. The molecule has 2 bridgehead atoms. The normalized spacial score (nSPS) is 43.1. The van der Waals surface area contributed by atoms with Crippen LogP contribution in [0, 0.1) is 11.8 Å². The average molecular weight is 142 g/mol. The van der Waals surface area contributed by atoms with Gasteiger partial charge in [-0.3, -0.25) is 0 Å². The van der Waals surface area contributed by atoms with Crippen molar-refractivity contribution in [2.75, 3.05) is 6.86 Å². The van der Waals surface area contributed by atoms with Gasteiger partial charge in [0, 0.05) is 5.92 Å². The fourth-order valence-electron chi connectivity index (χ4n) is 2.00. The van der Waals surface area contributed by atoms with Crippen LogP contribution in [0.3, 0.4) is 0 Å². The molecule has 0 aromatic rings. The molecule has 0 aromatic carbocycles. The predicted molar refractivity (Wildman–Crippen MR) is 36.2 cm³/mol. The lowest BCUT2D eigenvalue weighted by molar-refractivity contribution is -0.0165. The molecule has 1 fully saturated rings. The van der Waals surface area contributed by atoms with Gasteiger partial charge in [-0.15, -0.1) is 0 Å². The molecule has 10 heavy (non-hydrogen) atoms. The third-order valence-corrected chi connectivity index (χ3v) is 2.50. The number of ether oxygens (including phenoxy) is 1. The zero-order valence-corrected chi connectivity index (χ0v) is 5.79. The number of hydrogen-bond acceptors (Lipinski definition) is 1. The van der Waals surface area contributed by atoms with Crippen molar-refractivity contribution in [2.24, 2.45) is 11.8 Å². The highest BCUT2D eigenvalue weighted by atomic mass is 19.1. The first-order valence-electron chi connectivity index (χ1n) is 3.76. The molecule has 0 aliphatic heterocycles. The Bertz CT molecular complexity index is 155. The lowest BCUT2D eigenvalue weighted by Crippen LogP contribution is -2.17. The Morgan fingerprint density at radius 3 is 2.80 bits per heavy atom. The van der Waals surface area contributed by atoms with Gasteiger partial charge < -0.3 is 4.74 Å². The van der Waals surface area contributed by atoms with Gasteiger partial charge in [0.15, 0.2) is 6.86 Å². The summed E-state index contributed by atoms with van der Waals surface area (Å²) in [5, 5.41) is 0. The maximum absolute atomic E-state index is 11.7. The zero-order valence-electron chi connectivity index (χ0n) is 5.79. The number of fused-ring (bicyclic) bond motifs is 2. The van der Waals surface area contributed by atoms with Crippen molar-refractivity contribution >= 4 is 0 Å². The molecular formula is C8H11FO. The summed E-state index contributed by atoms with van der Waals surface area (Å²) in [5.74, 6) is 1.20. The third kappa shape index (κ3) is 0.870. The van der Waals surface area contributed by atoms with Crippen LogP contribution < -0.4 is 0 Å². The predicted octanol–water partition coefficient (Wildman–Crippen LogP) is 1.89. The van der Waals surface area contributed by atoms with E-state index in [0.29, 0.717) is 11.8 Å². The van der Waals surface area contributed by atoms with Crippen molar-refractivity contribution in [3.63, 3.8) is 0 Å². The van der Waals surface area contributed by atoms with Gasteiger partial charge in [-0.25, -0.2) is 4.39 Å².